The van der Waals surface area contributed by atoms with Crippen LogP contribution < -0.4 is 11.1 Å². The second-order valence-electron chi connectivity index (χ2n) is 4.55. The fourth-order valence-electron chi connectivity index (χ4n) is 2.08. The number of rotatable bonds is 5. The molecule has 0 unspecified atom stereocenters. The second-order valence-corrected chi connectivity index (χ2v) is 4.55. The molecule has 0 saturated carbocycles. The molecule has 19 heavy (non-hydrogen) atoms. The number of nitrogens with one attached hydrogen (secondary N) is 1. The highest BCUT2D eigenvalue weighted by atomic mass is 16.1. The Morgan fingerprint density at radius 2 is 1.42 bits per heavy atom. The maximum Gasteiger partial charge on any atom is 0.239 e. The lowest BCUT2D eigenvalue weighted by atomic mass is 10.0. The summed E-state index contributed by atoms with van der Waals surface area (Å²) >= 11 is 0. The van der Waals surface area contributed by atoms with Gasteiger partial charge in [-0.15, -0.1) is 0 Å². The minimum atomic E-state index is -0.476. The first-order valence-corrected chi connectivity index (χ1v) is 6.33. The van der Waals surface area contributed by atoms with Crippen LogP contribution in [0.5, 0.6) is 0 Å². The Hall–Kier alpha value is -2.13. The van der Waals surface area contributed by atoms with Crippen LogP contribution in [0.25, 0.3) is 0 Å². The number of hydrogen-bond acceptors (Lipinski definition) is 2. The first-order valence-electron chi connectivity index (χ1n) is 6.33. The third-order valence-electron chi connectivity index (χ3n) is 3.13. The maximum absolute atomic E-state index is 11.6. The predicted octanol–water partition coefficient (Wildman–Crippen LogP) is 2.56. The highest BCUT2D eigenvalue weighted by Crippen LogP contribution is 2.19. The zero-order valence-corrected chi connectivity index (χ0v) is 10.9. The lowest BCUT2D eigenvalue weighted by molar-refractivity contribution is -0.120. The van der Waals surface area contributed by atoms with E-state index >= 15 is 0 Å². The summed E-state index contributed by atoms with van der Waals surface area (Å²) in [4.78, 5) is 11.6. The van der Waals surface area contributed by atoms with Crippen molar-refractivity contribution in [2.75, 3.05) is 0 Å². The molecule has 3 heteroatoms. The highest BCUT2D eigenvalue weighted by Gasteiger charge is 2.19. The number of hydrogen-bond donors (Lipinski definition) is 2. The Morgan fingerprint density at radius 1 is 0.947 bits per heavy atom. The van der Waals surface area contributed by atoms with Crippen molar-refractivity contribution in [2.45, 2.75) is 19.0 Å². The third-order valence-corrected chi connectivity index (χ3v) is 3.13. The van der Waals surface area contributed by atoms with Crippen molar-refractivity contribution in [1.82, 2.24) is 5.32 Å². The molecule has 0 saturated heterocycles. The van der Waals surface area contributed by atoms with Crippen LogP contribution >= 0.6 is 0 Å². The van der Waals surface area contributed by atoms with Crippen molar-refractivity contribution in [3.05, 3.63) is 71.8 Å². The third kappa shape index (κ3) is 3.42. The van der Waals surface area contributed by atoms with E-state index in [0.717, 1.165) is 11.1 Å². The molecule has 2 atom stereocenters. The summed E-state index contributed by atoms with van der Waals surface area (Å²) in [5.41, 5.74) is 7.51. The van der Waals surface area contributed by atoms with Gasteiger partial charge in [-0.3, -0.25) is 10.1 Å². The summed E-state index contributed by atoms with van der Waals surface area (Å²) in [6.45, 7) is 2.02. The lowest BCUT2D eigenvalue weighted by Crippen LogP contribution is -2.35. The molecule has 0 fully saturated rings. The van der Waals surface area contributed by atoms with Gasteiger partial charge < -0.3 is 5.73 Å². The molecule has 2 aromatic carbocycles. The molecule has 98 valence electrons. The van der Waals surface area contributed by atoms with E-state index in [4.69, 9.17) is 5.73 Å². The summed E-state index contributed by atoms with van der Waals surface area (Å²) in [5, 5.41) is 3.27. The first-order chi connectivity index (χ1) is 9.18. The second kappa shape index (κ2) is 6.16. The fraction of sp³-hybridized carbons (Fsp3) is 0.188. The summed E-state index contributed by atoms with van der Waals surface area (Å²) in [7, 11) is 0. The van der Waals surface area contributed by atoms with Crippen molar-refractivity contribution in [1.29, 1.82) is 0 Å². The van der Waals surface area contributed by atoms with Crippen molar-refractivity contribution >= 4 is 5.91 Å². The van der Waals surface area contributed by atoms with E-state index in [-0.39, 0.29) is 11.9 Å². The summed E-state index contributed by atoms with van der Waals surface area (Å²) < 4.78 is 0. The largest absolute Gasteiger partial charge is 0.368 e. The van der Waals surface area contributed by atoms with E-state index in [1.807, 2.05) is 67.6 Å². The van der Waals surface area contributed by atoms with Crippen LogP contribution in [0.4, 0.5) is 0 Å². The monoisotopic (exact) mass is 254 g/mol. The highest BCUT2D eigenvalue weighted by molar-refractivity contribution is 5.81. The van der Waals surface area contributed by atoms with E-state index in [1.54, 1.807) is 0 Å². The number of primary amides is 1. The van der Waals surface area contributed by atoms with Gasteiger partial charge in [-0.05, 0) is 18.1 Å². The van der Waals surface area contributed by atoms with E-state index in [9.17, 15) is 4.79 Å². The molecule has 0 spiro atoms. The average Bonchev–Trinajstić information content (AvgIpc) is 2.46. The average molecular weight is 254 g/mol. The molecular weight excluding hydrogens is 236 g/mol. The van der Waals surface area contributed by atoms with Crippen molar-refractivity contribution in [3.8, 4) is 0 Å². The van der Waals surface area contributed by atoms with Crippen LogP contribution in [0.3, 0.4) is 0 Å². The Morgan fingerprint density at radius 3 is 1.89 bits per heavy atom. The Bertz CT molecular complexity index is 525. The van der Waals surface area contributed by atoms with Gasteiger partial charge >= 0.3 is 0 Å². The molecule has 0 aliphatic rings. The van der Waals surface area contributed by atoms with Crippen molar-refractivity contribution < 1.29 is 4.79 Å². The van der Waals surface area contributed by atoms with E-state index in [2.05, 4.69) is 5.32 Å². The summed E-state index contributed by atoms with van der Waals surface area (Å²) in [6, 6.07) is 19.1. The molecule has 0 aliphatic heterocycles. The Kier molecular flexibility index (Phi) is 4.31. The number of benzene rings is 2. The van der Waals surface area contributed by atoms with Gasteiger partial charge in [-0.1, -0.05) is 60.7 Å². The van der Waals surface area contributed by atoms with Crippen LogP contribution in [0, 0.1) is 0 Å². The van der Waals surface area contributed by atoms with Crippen molar-refractivity contribution in [3.63, 3.8) is 0 Å². The van der Waals surface area contributed by atoms with Gasteiger partial charge in [0.1, 0.15) is 6.04 Å². The number of carbonyl (C=O) groups excluding carboxylic acids is 1. The SMILES string of the molecule is C[C@H](N[C@H](C(N)=O)c1ccccc1)c1ccccc1. The molecule has 0 aliphatic carbocycles. The molecule has 0 aromatic heterocycles. The smallest absolute Gasteiger partial charge is 0.239 e. The normalized spacial score (nSPS) is 13.7. The zero-order valence-electron chi connectivity index (χ0n) is 10.9. The van der Waals surface area contributed by atoms with Crippen LogP contribution in [-0.2, 0) is 4.79 Å². The van der Waals surface area contributed by atoms with Crippen LogP contribution in [0.2, 0.25) is 0 Å². The van der Waals surface area contributed by atoms with Crippen LogP contribution in [0.15, 0.2) is 60.7 Å². The molecule has 3 N–H and O–H groups in total. The molecular formula is C16H18N2O. The van der Waals surface area contributed by atoms with Gasteiger partial charge in [0.25, 0.3) is 0 Å². The van der Waals surface area contributed by atoms with Gasteiger partial charge in [-0.2, -0.15) is 0 Å². The quantitative estimate of drug-likeness (QED) is 0.861. The van der Waals surface area contributed by atoms with Gasteiger partial charge in [0.15, 0.2) is 0 Å². The van der Waals surface area contributed by atoms with Crippen LogP contribution in [-0.4, -0.2) is 5.91 Å². The fourth-order valence-corrected chi connectivity index (χ4v) is 2.08. The Balaban J connectivity index is 2.16. The molecule has 0 radical (unpaired) electrons. The molecule has 2 rings (SSSR count). The lowest BCUT2D eigenvalue weighted by Gasteiger charge is -2.21. The van der Waals surface area contributed by atoms with Gasteiger partial charge in [0.2, 0.25) is 5.91 Å². The van der Waals surface area contributed by atoms with Crippen LogP contribution in [0.1, 0.15) is 30.1 Å². The number of nitrogens with two attached hydrogens (primary N) is 1. The van der Waals surface area contributed by atoms with Gasteiger partial charge in [-0.25, -0.2) is 0 Å². The predicted molar refractivity (Wildman–Crippen MR) is 76.4 cm³/mol. The minimum absolute atomic E-state index is 0.0545. The van der Waals surface area contributed by atoms with E-state index < -0.39 is 6.04 Å². The van der Waals surface area contributed by atoms with Gasteiger partial charge in [0, 0.05) is 6.04 Å². The standard InChI is InChI=1S/C16H18N2O/c1-12(13-8-4-2-5-9-13)18-15(16(17)19)14-10-6-3-7-11-14/h2-12,15,18H,1H3,(H2,17,19)/t12-,15-/m0/s1. The zero-order chi connectivity index (χ0) is 13.7. The molecule has 0 bridgehead atoms. The molecule has 0 heterocycles. The minimum Gasteiger partial charge on any atom is -0.368 e. The van der Waals surface area contributed by atoms with E-state index in [1.165, 1.54) is 0 Å². The molecule has 3 nitrogen and oxygen atoms in total. The molecule has 1 amide bonds. The Labute approximate surface area is 113 Å². The first kappa shape index (κ1) is 13.3. The van der Waals surface area contributed by atoms with Gasteiger partial charge in [0.05, 0.1) is 0 Å². The van der Waals surface area contributed by atoms with E-state index in [0.29, 0.717) is 0 Å². The van der Waals surface area contributed by atoms with Crippen molar-refractivity contribution in [2.24, 2.45) is 5.73 Å². The maximum atomic E-state index is 11.6. The summed E-state index contributed by atoms with van der Waals surface area (Å²) in [5.74, 6) is -0.367. The summed E-state index contributed by atoms with van der Waals surface area (Å²) in [6.07, 6.45) is 0. The number of carbonyl (C=O) groups is 1. The topological polar surface area (TPSA) is 55.1 Å². The molecule has 2 aromatic rings. The number of amides is 1.